The van der Waals surface area contributed by atoms with Crippen molar-refractivity contribution in [2.45, 2.75) is 32.3 Å². The van der Waals surface area contributed by atoms with Gasteiger partial charge in [0.05, 0.1) is 0 Å². The first-order valence-corrected chi connectivity index (χ1v) is 5.16. The molecule has 80 valence electrons. The largest absolute Gasteiger partial charge is 0.376 e. The van der Waals surface area contributed by atoms with E-state index in [0.29, 0.717) is 5.56 Å². The minimum absolute atomic E-state index is 0.345. The number of hydrogen-bond donors (Lipinski definition) is 1. The Balaban J connectivity index is 2.59. The van der Waals surface area contributed by atoms with E-state index in [4.69, 9.17) is 0 Å². The highest BCUT2D eigenvalue weighted by atomic mass is 19.1. The molecule has 1 atom stereocenters. The predicted molar refractivity (Wildman–Crippen MR) is 58.7 cm³/mol. The minimum atomic E-state index is -0.877. The van der Waals surface area contributed by atoms with Crippen LogP contribution >= 0.6 is 0 Å². The number of benzene rings is 1. The number of unbranched alkanes of at least 4 members (excludes halogenated alkanes) is 2. The molecule has 1 nitrogen and oxygen atoms in total. The van der Waals surface area contributed by atoms with Crippen molar-refractivity contribution in [1.29, 1.82) is 0 Å². The van der Waals surface area contributed by atoms with Gasteiger partial charge in [0.25, 0.3) is 0 Å². The first-order chi connectivity index (χ1) is 7.24. The molecule has 1 N–H and O–H groups in total. The lowest BCUT2D eigenvalue weighted by Crippen LogP contribution is -1.94. The van der Waals surface area contributed by atoms with Crippen molar-refractivity contribution >= 4 is 0 Å². The minimum Gasteiger partial charge on any atom is -0.376 e. The third-order valence-electron chi connectivity index (χ3n) is 2.06. The third-order valence-corrected chi connectivity index (χ3v) is 2.06. The molecule has 0 heterocycles. The molecule has 1 rings (SSSR count). The van der Waals surface area contributed by atoms with E-state index in [1.165, 1.54) is 12.1 Å². The fourth-order valence-electron chi connectivity index (χ4n) is 1.19. The van der Waals surface area contributed by atoms with Crippen LogP contribution in [-0.4, -0.2) is 5.11 Å². The van der Waals surface area contributed by atoms with Crippen LogP contribution in [0.1, 0.15) is 37.9 Å². The summed E-state index contributed by atoms with van der Waals surface area (Å²) in [7, 11) is 0. The Hall–Kier alpha value is -1.33. The van der Waals surface area contributed by atoms with Crippen molar-refractivity contribution in [2.24, 2.45) is 0 Å². The fourth-order valence-corrected chi connectivity index (χ4v) is 1.19. The van der Waals surface area contributed by atoms with Crippen molar-refractivity contribution in [1.82, 2.24) is 0 Å². The molecule has 0 spiro atoms. The van der Waals surface area contributed by atoms with E-state index in [1.54, 1.807) is 12.1 Å². The van der Waals surface area contributed by atoms with Gasteiger partial charge in [0.2, 0.25) is 0 Å². The van der Waals surface area contributed by atoms with Gasteiger partial charge >= 0.3 is 0 Å². The Morgan fingerprint density at radius 1 is 1.47 bits per heavy atom. The van der Waals surface area contributed by atoms with Gasteiger partial charge in [-0.3, -0.25) is 0 Å². The fraction of sp³-hybridized carbons (Fsp3) is 0.385. The zero-order valence-corrected chi connectivity index (χ0v) is 8.83. The molecule has 0 unspecified atom stereocenters. The Morgan fingerprint density at radius 3 is 2.93 bits per heavy atom. The first-order valence-electron chi connectivity index (χ1n) is 5.16. The van der Waals surface area contributed by atoms with Crippen LogP contribution in [-0.2, 0) is 0 Å². The molecule has 0 fully saturated rings. The molecule has 0 saturated heterocycles. The van der Waals surface area contributed by atoms with Gasteiger partial charge in [-0.05, 0) is 24.1 Å². The number of hydrogen-bond acceptors (Lipinski definition) is 1. The summed E-state index contributed by atoms with van der Waals surface area (Å²) in [6.45, 7) is 2.09. The molecule has 1 aromatic carbocycles. The third kappa shape index (κ3) is 4.14. The van der Waals surface area contributed by atoms with E-state index < -0.39 is 6.10 Å². The molecule has 0 saturated carbocycles. The highest BCUT2D eigenvalue weighted by Gasteiger charge is 2.03. The first kappa shape index (κ1) is 11.7. The Morgan fingerprint density at radius 2 is 2.27 bits per heavy atom. The lowest BCUT2D eigenvalue weighted by molar-refractivity contribution is 0.237. The summed E-state index contributed by atoms with van der Waals surface area (Å²) >= 11 is 0. The van der Waals surface area contributed by atoms with E-state index >= 15 is 0 Å². The molecular formula is C13H15FO. The van der Waals surface area contributed by atoms with Gasteiger partial charge in [-0.15, -0.1) is 5.92 Å². The topological polar surface area (TPSA) is 20.2 Å². The Labute approximate surface area is 89.9 Å². The summed E-state index contributed by atoms with van der Waals surface area (Å²) in [5.74, 6) is 5.24. The van der Waals surface area contributed by atoms with Crippen LogP contribution in [0, 0.1) is 17.7 Å². The van der Waals surface area contributed by atoms with Gasteiger partial charge in [-0.2, -0.15) is 0 Å². The van der Waals surface area contributed by atoms with E-state index in [9.17, 15) is 9.50 Å². The van der Waals surface area contributed by atoms with Gasteiger partial charge < -0.3 is 5.11 Å². The van der Waals surface area contributed by atoms with Gasteiger partial charge in [0.15, 0.2) is 0 Å². The maximum absolute atomic E-state index is 12.8. The van der Waals surface area contributed by atoms with Crippen molar-refractivity contribution in [3.05, 3.63) is 35.6 Å². The maximum atomic E-state index is 12.8. The van der Waals surface area contributed by atoms with Crippen molar-refractivity contribution in [3.8, 4) is 11.8 Å². The molecule has 0 aliphatic carbocycles. The van der Waals surface area contributed by atoms with Crippen LogP contribution < -0.4 is 0 Å². The van der Waals surface area contributed by atoms with E-state index in [-0.39, 0.29) is 5.82 Å². The smallest absolute Gasteiger partial charge is 0.140 e. The standard InChI is InChI=1S/C13H15FO/c1-2-3-4-5-9-13(15)11-7-6-8-12(14)10-11/h6-8,10,13,15H,2-4H2,1H3/t13-/m0/s1. The molecule has 0 bridgehead atoms. The summed E-state index contributed by atoms with van der Waals surface area (Å²) in [6, 6.07) is 5.89. The van der Waals surface area contributed by atoms with E-state index in [0.717, 1.165) is 19.3 Å². The molecular weight excluding hydrogens is 191 g/mol. The van der Waals surface area contributed by atoms with Crippen LogP contribution in [0.4, 0.5) is 4.39 Å². The summed E-state index contributed by atoms with van der Waals surface area (Å²) < 4.78 is 12.8. The highest BCUT2D eigenvalue weighted by Crippen LogP contribution is 2.12. The Bertz CT molecular complexity index is 362. The normalized spacial score (nSPS) is 11.7. The zero-order valence-electron chi connectivity index (χ0n) is 8.83. The Kier molecular flexibility index (Phi) is 4.86. The van der Waals surface area contributed by atoms with Gasteiger partial charge in [0, 0.05) is 6.42 Å². The van der Waals surface area contributed by atoms with Crippen LogP contribution in [0.3, 0.4) is 0 Å². The zero-order chi connectivity index (χ0) is 11.1. The predicted octanol–water partition coefficient (Wildman–Crippen LogP) is 3.05. The maximum Gasteiger partial charge on any atom is 0.140 e. The van der Waals surface area contributed by atoms with Crippen molar-refractivity contribution in [2.75, 3.05) is 0 Å². The number of aliphatic hydroxyl groups is 1. The van der Waals surface area contributed by atoms with Crippen LogP contribution in [0.15, 0.2) is 24.3 Å². The van der Waals surface area contributed by atoms with E-state index in [1.807, 2.05) is 0 Å². The van der Waals surface area contributed by atoms with Gasteiger partial charge in [-0.1, -0.05) is 31.4 Å². The molecule has 0 radical (unpaired) electrons. The van der Waals surface area contributed by atoms with Crippen molar-refractivity contribution < 1.29 is 9.50 Å². The number of aliphatic hydroxyl groups excluding tert-OH is 1. The SMILES string of the molecule is CCCCC#C[C@H](O)c1cccc(F)c1. The average molecular weight is 206 g/mol. The summed E-state index contributed by atoms with van der Waals surface area (Å²) in [6.07, 6.45) is 2.02. The van der Waals surface area contributed by atoms with Gasteiger partial charge in [-0.25, -0.2) is 4.39 Å². The lowest BCUT2D eigenvalue weighted by atomic mass is 10.1. The summed E-state index contributed by atoms with van der Waals surface area (Å²) in [4.78, 5) is 0. The summed E-state index contributed by atoms with van der Waals surface area (Å²) in [5.41, 5.74) is 0.513. The summed E-state index contributed by atoms with van der Waals surface area (Å²) in [5, 5.41) is 9.60. The molecule has 2 heteroatoms. The molecule has 0 amide bonds. The second kappa shape index (κ2) is 6.21. The number of halogens is 1. The van der Waals surface area contributed by atoms with Crippen molar-refractivity contribution in [3.63, 3.8) is 0 Å². The second-order valence-corrected chi connectivity index (χ2v) is 3.38. The average Bonchev–Trinajstić information content (AvgIpc) is 2.24. The molecule has 15 heavy (non-hydrogen) atoms. The van der Waals surface area contributed by atoms with Gasteiger partial charge in [0.1, 0.15) is 11.9 Å². The van der Waals surface area contributed by atoms with E-state index in [2.05, 4.69) is 18.8 Å². The lowest BCUT2D eigenvalue weighted by Gasteiger charge is -2.02. The number of rotatable bonds is 3. The second-order valence-electron chi connectivity index (χ2n) is 3.38. The quantitative estimate of drug-likeness (QED) is 0.595. The molecule has 0 aliphatic heterocycles. The molecule has 1 aromatic rings. The highest BCUT2D eigenvalue weighted by molar-refractivity contribution is 5.25. The molecule has 0 aliphatic rings. The van der Waals surface area contributed by atoms with Crippen LogP contribution in [0.5, 0.6) is 0 Å². The molecule has 0 aromatic heterocycles. The van der Waals surface area contributed by atoms with Crippen LogP contribution in [0.25, 0.3) is 0 Å². The van der Waals surface area contributed by atoms with Crippen LogP contribution in [0.2, 0.25) is 0 Å². The monoisotopic (exact) mass is 206 g/mol.